The second kappa shape index (κ2) is 6.89. The quantitative estimate of drug-likeness (QED) is 0.761. The summed E-state index contributed by atoms with van der Waals surface area (Å²) in [5.74, 6) is 1.03. The minimum absolute atomic E-state index is 0.140. The Labute approximate surface area is 113 Å². The van der Waals surface area contributed by atoms with Crippen LogP contribution in [0.25, 0.3) is 0 Å². The molecule has 19 heavy (non-hydrogen) atoms. The fourth-order valence-corrected chi connectivity index (χ4v) is 2.38. The predicted molar refractivity (Wildman–Crippen MR) is 70.9 cm³/mol. The number of nitriles is 1. The Bertz CT molecular complexity index is 473. The van der Waals surface area contributed by atoms with Crippen LogP contribution in [0.1, 0.15) is 49.0 Å². The molecule has 0 radical (unpaired) electrons. The molecular weight excluding hydrogens is 240 g/mol. The van der Waals surface area contributed by atoms with Crippen LogP contribution in [0, 0.1) is 17.2 Å². The van der Waals surface area contributed by atoms with Crippen LogP contribution in [0.3, 0.4) is 0 Å². The molecule has 0 atom stereocenters. The molecular formula is C15H18N2O2. The first-order chi connectivity index (χ1) is 9.29. The average molecular weight is 258 g/mol. The Morgan fingerprint density at radius 3 is 2.95 bits per heavy atom. The van der Waals surface area contributed by atoms with Crippen LogP contribution in [0.15, 0.2) is 18.3 Å². The predicted octanol–water partition coefficient (Wildman–Crippen LogP) is 3.14. The van der Waals surface area contributed by atoms with Gasteiger partial charge in [-0.3, -0.25) is 9.78 Å². The molecule has 1 aromatic rings. The first kappa shape index (κ1) is 13.5. The number of rotatable bonds is 5. The lowest BCUT2D eigenvalue weighted by molar-refractivity contribution is 0.0992. The summed E-state index contributed by atoms with van der Waals surface area (Å²) < 4.78 is 5.74. The molecule has 1 aliphatic carbocycles. The molecule has 1 aromatic heterocycles. The van der Waals surface area contributed by atoms with Crippen molar-refractivity contribution >= 4 is 5.78 Å². The van der Waals surface area contributed by atoms with E-state index in [1.807, 2.05) is 6.07 Å². The van der Waals surface area contributed by atoms with E-state index in [0.29, 0.717) is 24.0 Å². The molecule has 4 nitrogen and oxygen atoms in total. The molecule has 2 rings (SSSR count). The number of nitrogens with zero attached hydrogens (tertiary/aromatic N) is 2. The van der Waals surface area contributed by atoms with Crippen LogP contribution < -0.4 is 4.74 Å². The average Bonchev–Trinajstić information content (AvgIpc) is 2.47. The largest absolute Gasteiger partial charge is 0.493 e. The number of aromatic nitrogens is 1. The van der Waals surface area contributed by atoms with Crippen molar-refractivity contribution in [2.45, 2.75) is 38.5 Å². The third kappa shape index (κ3) is 4.06. The Kier molecular flexibility index (Phi) is 4.91. The third-order valence-electron chi connectivity index (χ3n) is 3.47. The third-order valence-corrected chi connectivity index (χ3v) is 3.47. The normalized spacial score (nSPS) is 15.7. The van der Waals surface area contributed by atoms with Gasteiger partial charge in [-0.05, 0) is 24.8 Å². The van der Waals surface area contributed by atoms with Crippen LogP contribution in [0.4, 0.5) is 0 Å². The molecule has 0 aliphatic heterocycles. The maximum Gasteiger partial charge on any atom is 0.195 e. The number of Topliss-reactive ketones (excluding diaryl/α,β-unsaturated/α-hetero) is 1. The molecule has 0 amide bonds. The highest BCUT2D eigenvalue weighted by Crippen LogP contribution is 2.24. The van der Waals surface area contributed by atoms with Crippen molar-refractivity contribution in [1.29, 1.82) is 5.26 Å². The number of hydrogen-bond donors (Lipinski definition) is 0. The first-order valence-corrected chi connectivity index (χ1v) is 6.78. The molecule has 1 heterocycles. The van der Waals surface area contributed by atoms with E-state index in [1.165, 1.54) is 32.1 Å². The maximum atomic E-state index is 11.6. The second-order valence-electron chi connectivity index (χ2n) is 4.95. The van der Waals surface area contributed by atoms with Crippen LogP contribution in [0.2, 0.25) is 0 Å². The summed E-state index contributed by atoms with van der Waals surface area (Å²) in [5, 5.41) is 8.51. The summed E-state index contributed by atoms with van der Waals surface area (Å²) in [5.41, 5.74) is 0.308. The van der Waals surface area contributed by atoms with Crippen molar-refractivity contribution < 1.29 is 9.53 Å². The fourth-order valence-electron chi connectivity index (χ4n) is 2.38. The van der Waals surface area contributed by atoms with E-state index in [2.05, 4.69) is 4.98 Å². The highest BCUT2D eigenvalue weighted by molar-refractivity contribution is 5.95. The summed E-state index contributed by atoms with van der Waals surface area (Å²) in [6, 6.07) is 5.22. The molecule has 0 N–H and O–H groups in total. The number of ether oxygens (including phenoxy) is 1. The van der Waals surface area contributed by atoms with Crippen LogP contribution in [-0.4, -0.2) is 17.4 Å². The van der Waals surface area contributed by atoms with E-state index in [4.69, 9.17) is 10.00 Å². The lowest BCUT2D eigenvalue weighted by Gasteiger charge is -2.21. The van der Waals surface area contributed by atoms with Gasteiger partial charge < -0.3 is 4.74 Å². The van der Waals surface area contributed by atoms with E-state index < -0.39 is 0 Å². The second-order valence-corrected chi connectivity index (χ2v) is 4.95. The van der Waals surface area contributed by atoms with E-state index in [9.17, 15) is 4.79 Å². The molecule has 1 aliphatic rings. The smallest absolute Gasteiger partial charge is 0.195 e. The van der Waals surface area contributed by atoms with Gasteiger partial charge in [0.05, 0.1) is 12.7 Å². The molecule has 0 spiro atoms. The summed E-state index contributed by atoms with van der Waals surface area (Å²) in [6.45, 7) is 0.704. The lowest BCUT2D eigenvalue weighted by atomic mass is 9.90. The van der Waals surface area contributed by atoms with Gasteiger partial charge in [-0.2, -0.15) is 5.26 Å². The summed E-state index contributed by atoms with van der Waals surface area (Å²) in [6.07, 6.45) is 7.78. The minimum Gasteiger partial charge on any atom is -0.493 e. The van der Waals surface area contributed by atoms with Crippen molar-refractivity contribution in [3.05, 3.63) is 24.0 Å². The minimum atomic E-state index is -0.259. The molecule has 0 bridgehead atoms. The lowest BCUT2D eigenvalue weighted by Crippen LogP contribution is -2.15. The van der Waals surface area contributed by atoms with Gasteiger partial charge >= 0.3 is 0 Å². The van der Waals surface area contributed by atoms with Crippen LogP contribution >= 0.6 is 0 Å². The van der Waals surface area contributed by atoms with Gasteiger partial charge in [0.1, 0.15) is 17.9 Å². The topological polar surface area (TPSA) is 63.0 Å². The van der Waals surface area contributed by atoms with Gasteiger partial charge in [-0.25, -0.2) is 0 Å². The van der Waals surface area contributed by atoms with Crippen molar-refractivity contribution in [2.24, 2.45) is 5.92 Å². The number of carbonyl (C=O) groups is 1. The number of pyridine rings is 1. The van der Waals surface area contributed by atoms with Gasteiger partial charge in [0.25, 0.3) is 0 Å². The van der Waals surface area contributed by atoms with Gasteiger partial charge in [-0.1, -0.05) is 19.3 Å². The Balaban J connectivity index is 1.91. The standard InChI is InChI=1S/C15H18N2O2/c16-8-6-15(18)14-10-13(7-9-17-14)19-11-12-4-2-1-3-5-12/h7,9-10,12H,1-6,11H2. The number of carbonyl (C=O) groups excluding carboxylic acids is 1. The van der Waals surface area contributed by atoms with Crippen molar-refractivity contribution in [3.63, 3.8) is 0 Å². The molecule has 1 saturated carbocycles. The molecule has 0 unspecified atom stereocenters. The van der Waals surface area contributed by atoms with Gasteiger partial charge in [0.15, 0.2) is 5.78 Å². The molecule has 0 saturated heterocycles. The maximum absolute atomic E-state index is 11.6. The zero-order valence-electron chi connectivity index (χ0n) is 11.0. The van der Waals surface area contributed by atoms with E-state index in [1.54, 1.807) is 18.3 Å². The molecule has 4 heteroatoms. The Morgan fingerprint density at radius 2 is 2.21 bits per heavy atom. The monoisotopic (exact) mass is 258 g/mol. The number of hydrogen-bond acceptors (Lipinski definition) is 4. The Hall–Kier alpha value is -1.89. The highest BCUT2D eigenvalue weighted by atomic mass is 16.5. The van der Waals surface area contributed by atoms with Crippen molar-refractivity contribution in [2.75, 3.05) is 6.61 Å². The highest BCUT2D eigenvalue weighted by Gasteiger charge is 2.14. The fraction of sp³-hybridized carbons (Fsp3) is 0.533. The molecule has 100 valence electrons. The van der Waals surface area contributed by atoms with E-state index in [0.717, 1.165) is 0 Å². The van der Waals surface area contributed by atoms with Crippen LogP contribution in [0.5, 0.6) is 5.75 Å². The van der Waals surface area contributed by atoms with E-state index in [-0.39, 0.29) is 12.2 Å². The summed E-state index contributed by atoms with van der Waals surface area (Å²) in [4.78, 5) is 15.5. The first-order valence-electron chi connectivity index (χ1n) is 6.78. The summed E-state index contributed by atoms with van der Waals surface area (Å²) in [7, 11) is 0. The molecule has 1 fully saturated rings. The summed E-state index contributed by atoms with van der Waals surface area (Å²) >= 11 is 0. The Morgan fingerprint density at radius 1 is 1.42 bits per heavy atom. The SMILES string of the molecule is N#CCC(=O)c1cc(OCC2CCCCC2)ccn1. The van der Waals surface area contributed by atoms with E-state index >= 15 is 0 Å². The van der Waals surface area contributed by atoms with Crippen LogP contribution in [-0.2, 0) is 0 Å². The zero-order valence-corrected chi connectivity index (χ0v) is 11.0. The van der Waals surface area contributed by atoms with Gasteiger partial charge in [0.2, 0.25) is 0 Å². The van der Waals surface area contributed by atoms with Gasteiger partial charge in [-0.15, -0.1) is 0 Å². The zero-order chi connectivity index (χ0) is 13.5. The number of ketones is 1. The molecule has 0 aromatic carbocycles. The van der Waals surface area contributed by atoms with Crippen molar-refractivity contribution in [1.82, 2.24) is 4.98 Å². The van der Waals surface area contributed by atoms with Crippen molar-refractivity contribution in [3.8, 4) is 11.8 Å². The van der Waals surface area contributed by atoms with Gasteiger partial charge in [0, 0.05) is 12.3 Å².